The van der Waals surface area contributed by atoms with Crippen molar-refractivity contribution in [1.29, 1.82) is 0 Å². The molecule has 6 heteroatoms. The van der Waals surface area contributed by atoms with Crippen LogP contribution in [0, 0.1) is 5.82 Å². The van der Waals surface area contributed by atoms with Gasteiger partial charge in [0.1, 0.15) is 5.82 Å². The first kappa shape index (κ1) is 13.5. The van der Waals surface area contributed by atoms with Gasteiger partial charge in [0.15, 0.2) is 6.29 Å². The van der Waals surface area contributed by atoms with Gasteiger partial charge in [-0.3, -0.25) is 4.79 Å². The zero-order valence-corrected chi connectivity index (χ0v) is 11.2. The number of carbonyl (C=O) groups is 1. The highest BCUT2D eigenvalue weighted by Gasteiger charge is 2.17. The molecule has 1 heterocycles. The van der Waals surface area contributed by atoms with Crippen molar-refractivity contribution in [2.24, 2.45) is 0 Å². The summed E-state index contributed by atoms with van der Waals surface area (Å²) in [5, 5.41) is 0. The van der Waals surface area contributed by atoms with Crippen molar-refractivity contribution in [2.75, 3.05) is 6.61 Å². The molecule has 4 nitrogen and oxygen atoms in total. The minimum Gasteiger partial charge on any atom is -0.350 e. The molecule has 1 N–H and O–H groups in total. The SMILES string of the molecule is O=C(NOC1CCCCO1)c1ccc(Br)cc1F. The molecule has 1 aromatic carbocycles. The van der Waals surface area contributed by atoms with Gasteiger partial charge in [0, 0.05) is 17.5 Å². The highest BCUT2D eigenvalue weighted by Crippen LogP contribution is 2.16. The summed E-state index contributed by atoms with van der Waals surface area (Å²) in [6.45, 7) is 0.618. The first-order valence-electron chi connectivity index (χ1n) is 5.69. The average molecular weight is 318 g/mol. The molecule has 0 radical (unpaired) electrons. The number of benzene rings is 1. The lowest BCUT2D eigenvalue weighted by atomic mass is 10.2. The smallest absolute Gasteiger partial charge is 0.277 e. The third kappa shape index (κ3) is 3.51. The van der Waals surface area contributed by atoms with Crippen molar-refractivity contribution < 1.29 is 18.8 Å². The number of nitrogens with one attached hydrogen (secondary N) is 1. The zero-order valence-electron chi connectivity index (χ0n) is 9.62. The summed E-state index contributed by atoms with van der Waals surface area (Å²) < 4.78 is 19.3. The van der Waals surface area contributed by atoms with Gasteiger partial charge in [-0.1, -0.05) is 15.9 Å². The molecule has 0 saturated carbocycles. The van der Waals surface area contributed by atoms with E-state index in [9.17, 15) is 9.18 Å². The van der Waals surface area contributed by atoms with Gasteiger partial charge in [0.2, 0.25) is 0 Å². The van der Waals surface area contributed by atoms with Crippen LogP contribution in [0.2, 0.25) is 0 Å². The zero-order chi connectivity index (χ0) is 13.0. The Morgan fingerprint density at radius 1 is 1.50 bits per heavy atom. The third-order valence-corrected chi connectivity index (χ3v) is 3.09. The predicted octanol–water partition coefficient (Wildman–Crippen LogP) is 2.78. The maximum atomic E-state index is 13.5. The van der Waals surface area contributed by atoms with Crippen LogP contribution >= 0.6 is 15.9 Å². The molecule has 1 amide bonds. The number of rotatable bonds is 3. The first-order valence-corrected chi connectivity index (χ1v) is 6.49. The molecule has 0 aromatic heterocycles. The molecule has 1 saturated heterocycles. The van der Waals surface area contributed by atoms with Crippen molar-refractivity contribution in [1.82, 2.24) is 5.48 Å². The van der Waals surface area contributed by atoms with Crippen LogP contribution in [-0.2, 0) is 9.57 Å². The van der Waals surface area contributed by atoms with Crippen molar-refractivity contribution in [3.05, 3.63) is 34.1 Å². The van der Waals surface area contributed by atoms with E-state index in [0.29, 0.717) is 11.1 Å². The minimum atomic E-state index is -0.617. The Morgan fingerprint density at radius 2 is 2.33 bits per heavy atom. The second kappa shape index (κ2) is 6.26. The predicted molar refractivity (Wildman–Crippen MR) is 66.2 cm³/mol. The summed E-state index contributed by atoms with van der Waals surface area (Å²) in [6, 6.07) is 4.21. The molecule has 0 bridgehead atoms. The monoisotopic (exact) mass is 317 g/mol. The molecule has 1 fully saturated rings. The Labute approximate surface area is 113 Å². The maximum absolute atomic E-state index is 13.5. The normalized spacial score (nSPS) is 19.6. The maximum Gasteiger partial charge on any atom is 0.277 e. The second-order valence-corrected chi connectivity index (χ2v) is 4.89. The Kier molecular flexibility index (Phi) is 4.68. The lowest BCUT2D eigenvalue weighted by Gasteiger charge is -2.22. The quantitative estimate of drug-likeness (QED) is 0.872. The number of halogens is 2. The summed E-state index contributed by atoms with van der Waals surface area (Å²) in [7, 11) is 0. The highest BCUT2D eigenvalue weighted by molar-refractivity contribution is 9.10. The van der Waals surface area contributed by atoms with E-state index in [2.05, 4.69) is 21.4 Å². The Morgan fingerprint density at radius 3 is 3.00 bits per heavy atom. The van der Waals surface area contributed by atoms with Crippen molar-refractivity contribution in [3.8, 4) is 0 Å². The topological polar surface area (TPSA) is 47.6 Å². The molecule has 2 rings (SSSR count). The number of ether oxygens (including phenoxy) is 1. The van der Waals surface area contributed by atoms with Gasteiger partial charge in [-0.25, -0.2) is 14.7 Å². The van der Waals surface area contributed by atoms with Gasteiger partial charge in [-0.05, 0) is 31.0 Å². The highest BCUT2D eigenvalue weighted by atomic mass is 79.9. The number of hydrogen-bond donors (Lipinski definition) is 1. The Hall–Kier alpha value is -0.980. The van der Waals surface area contributed by atoms with E-state index < -0.39 is 18.0 Å². The standard InChI is InChI=1S/C12H13BrFNO3/c13-8-4-5-9(10(14)7-8)12(16)15-18-11-3-1-2-6-17-11/h4-5,7,11H,1-3,6H2,(H,15,16). The molecule has 98 valence electrons. The molecular weight excluding hydrogens is 305 g/mol. The average Bonchev–Trinajstić information content (AvgIpc) is 2.37. The van der Waals surface area contributed by atoms with Gasteiger partial charge in [-0.15, -0.1) is 0 Å². The van der Waals surface area contributed by atoms with Crippen LogP contribution < -0.4 is 5.48 Å². The van der Waals surface area contributed by atoms with Gasteiger partial charge in [0.25, 0.3) is 5.91 Å². The molecule has 1 aliphatic heterocycles. The van der Waals surface area contributed by atoms with Gasteiger partial charge in [-0.2, -0.15) is 0 Å². The lowest BCUT2D eigenvalue weighted by Crippen LogP contribution is -2.33. The van der Waals surface area contributed by atoms with Crippen molar-refractivity contribution in [3.63, 3.8) is 0 Å². The van der Waals surface area contributed by atoms with E-state index >= 15 is 0 Å². The third-order valence-electron chi connectivity index (χ3n) is 2.60. The molecule has 1 unspecified atom stereocenters. The molecule has 18 heavy (non-hydrogen) atoms. The van der Waals surface area contributed by atoms with E-state index in [0.717, 1.165) is 19.3 Å². The van der Waals surface area contributed by atoms with Crippen LogP contribution in [0.5, 0.6) is 0 Å². The largest absolute Gasteiger partial charge is 0.350 e. The fraction of sp³-hybridized carbons (Fsp3) is 0.417. The number of hydroxylamine groups is 1. The summed E-state index contributed by atoms with van der Waals surface area (Å²) in [6.07, 6.45) is 2.27. The van der Waals surface area contributed by atoms with Crippen LogP contribution in [0.15, 0.2) is 22.7 Å². The number of hydrogen-bond acceptors (Lipinski definition) is 3. The second-order valence-electron chi connectivity index (χ2n) is 3.97. The van der Waals surface area contributed by atoms with Crippen LogP contribution in [0.25, 0.3) is 0 Å². The molecule has 0 aliphatic carbocycles. The van der Waals surface area contributed by atoms with Crippen LogP contribution in [0.3, 0.4) is 0 Å². The number of carbonyl (C=O) groups excluding carboxylic acids is 1. The molecule has 1 aliphatic rings. The number of amides is 1. The van der Waals surface area contributed by atoms with Gasteiger partial charge in [0.05, 0.1) is 5.56 Å². The summed E-state index contributed by atoms with van der Waals surface area (Å²) >= 11 is 3.12. The molecule has 1 aromatic rings. The fourth-order valence-electron chi connectivity index (χ4n) is 1.65. The van der Waals surface area contributed by atoms with E-state index in [1.165, 1.54) is 12.1 Å². The van der Waals surface area contributed by atoms with E-state index in [4.69, 9.17) is 9.57 Å². The van der Waals surface area contributed by atoms with Crippen LogP contribution in [-0.4, -0.2) is 18.8 Å². The van der Waals surface area contributed by atoms with E-state index in [-0.39, 0.29) is 5.56 Å². The summed E-state index contributed by atoms with van der Waals surface area (Å²) in [5.74, 6) is -1.22. The Bertz CT molecular complexity index is 435. The van der Waals surface area contributed by atoms with Crippen molar-refractivity contribution in [2.45, 2.75) is 25.6 Å². The molecular formula is C12H13BrFNO3. The van der Waals surface area contributed by atoms with Gasteiger partial charge >= 0.3 is 0 Å². The minimum absolute atomic E-state index is 0.0611. The molecule has 1 atom stereocenters. The van der Waals surface area contributed by atoms with E-state index in [1.807, 2.05) is 0 Å². The summed E-state index contributed by atoms with van der Waals surface area (Å²) in [4.78, 5) is 16.8. The first-order chi connectivity index (χ1) is 8.66. The Balaban J connectivity index is 1.90. The summed E-state index contributed by atoms with van der Waals surface area (Å²) in [5.41, 5.74) is 2.15. The van der Waals surface area contributed by atoms with Crippen LogP contribution in [0.1, 0.15) is 29.6 Å². The lowest BCUT2D eigenvalue weighted by molar-refractivity contribution is -0.186. The fourth-order valence-corrected chi connectivity index (χ4v) is 1.99. The van der Waals surface area contributed by atoms with E-state index in [1.54, 1.807) is 6.07 Å². The molecule has 0 spiro atoms. The van der Waals surface area contributed by atoms with Crippen LogP contribution in [0.4, 0.5) is 4.39 Å². The van der Waals surface area contributed by atoms with Gasteiger partial charge < -0.3 is 4.74 Å². The van der Waals surface area contributed by atoms with Crippen molar-refractivity contribution >= 4 is 21.8 Å².